The number of hydrogen-bond donors (Lipinski definition) is 1. The van der Waals surface area contributed by atoms with E-state index in [9.17, 15) is 4.39 Å². The minimum Gasteiger partial charge on any atom is -0.315 e. The number of thiazole rings is 1. The third-order valence-corrected chi connectivity index (χ3v) is 2.87. The van der Waals surface area contributed by atoms with Crippen LogP contribution >= 0.6 is 11.3 Å². The van der Waals surface area contributed by atoms with Gasteiger partial charge in [0, 0.05) is 17.6 Å². The molecule has 1 N–H and O–H groups in total. The molecule has 0 saturated heterocycles. The Kier molecular flexibility index (Phi) is 3.03. The highest BCUT2D eigenvalue weighted by atomic mass is 32.1. The Morgan fingerprint density at radius 1 is 1.33 bits per heavy atom. The minimum absolute atomic E-state index is 0.328. The summed E-state index contributed by atoms with van der Waals surface area (Å²) in [6.45, 7) is 0.791. The van der Waals surface area contributed by atoms with Crippen molar-refractivity contribution in [2.75, 3.05) is 7.05 Å². The second kappa shape index (κ2) is 4.46. The van der Waals surface area contributed by atoms with Crippen molar-refractivity contribution in [2.24, 2.45) is 0 Å². The van der Waals surface area contributed by atoms with E-state index in [-0.39, 0.29) is 5.82 Å². The molecule has 0 aliphatic rings. The average molecular weight is 223 g/mol. The van der Waals surface area contributed by atoms with E-state index >= 15 is 0 Å². The van der Waals surface area contributed by atoms with Crippen LogP contribution in [-0.4, -0.2) is 17.0 Å². The number of nitrogens with one attached hydrogen (secondary N) is 1. The zero-order chi connectivity index (χ0) is 10.7. The molecule has 3 nitrogen and oxygen atoms in total. The molecule has 78 valence electrons. The molecule has 0 bridgehead atoms. The van der Waals surface area contributed by atoms with Crippen LogP contribution in [0.4, 0.5) is 4.39 Å². The summed E-state index contributed by atoms with van der Waals surface area (Å²) < 4.78 is 12.6. The van der Waals surface area contributed by atoms with Crippen molar-refractivity contribution in [1.29, 1.82) is 0 Å². The van der Waals surface area contributed by atoms with Gasteiger partial charge in [-0.3, -0.25) is 4.98 Å². The molecular weight excluding hydrogens is 213 g/mol. The quantitative estimate of drug-likeness (QED) is 0.865. The Balaban J connectivity index is 2.25. The van der Waals surface area contributed by atoms with Gasteiger partial charge in [0.25, 0.3) is 0 Å². The third-order valence-electron chi connectivity index (χ3n) is 1.85. The lowest BCUT2D eigenvalue weighted by Gasteiger charge is -1.94. The normalized spacial score (nSPS) is 10.5. The largest absolute Gasteiger partial charge is 0.315 e. The van der Waals surface area contributed by atoms with Crippen LogP contribution in [0.1, 0.15) is 4.88 Å². The molecule has 0 saturated carbocycles. The van der Waals surface area contributed by atoms with Crippen molar-refractivity contribution in [3.63, 3.8) is 0 Å². The molecular formula is C10H10FN3S. The SMILES string of the molecule is CNCc1cnc(-c2ccc(F)cn2)s1. The maximum absolute atomic E-state index is 12.6. The lowest BCUT2D eigenvalue weighted by atomic mass is 10.3. The topological polar surface area (TPSA) is 37.8 Å². The number of hydrogen-bond acceptors (Lipinski definition) is 4. The summed E-state index contributed by atoms with van der Waals surface area (Å²) in [7, 11) is 1.88. The van der Waals surface area contributed by atoms with Gasteiger partial charge in [0.15, 0.2) is 0 Å². The van der Waals surface area contributed by atoms with Gasteiger partial charge < -0.3 is 5.32 Å². The van der Waals surface area contributed by atoms with E-state index in [1.54, 1.807) is 17.4 Å². The van der Waals surface area contributed by atoms with Gasteiger partial charge in [0.1, 0.15) is 10.8 Å². The number of pyridine rings is 1. The van der Waals surface area contributed by atoms with E-state index in [4.69, 9.17) is 0 Å². The van der Waals surface area contributed by atoms with Gasteiger partial charge in [-0.25, -0.2) is 9.37 Å². The monoisotopic (exact) mass is 223 g/mol. The highest BCUT2D eigenvalue weighted by Gasteiger charge is 2.05. The molecule has 0 aliphatic heterocycles. The Morgan fingerprint density at radius 3 is 2.87 bits per heavy atom. The second-order valence-corrected chi connectivity index (χ2v) is 4.14. The Labute approximate surface area is 91.0 Å². The van der Waals surface area contributed by atoms with Crippen molar-refractivity contribution < 1.29 is 4.39 Å². The first-order chi connectivity index (χ1) is 7.29. The summed E-state index contributed by atoms with van der Waals surface area (Å²) in [5.74, 6) is -0.328. The van der Waals surface area contributed by atoms with Crippen LogP contribution in [0, 0.1) is 5.82 Å². The van der Waals surface area contributed by atoms with E-state index in [2.05, 4.69) is 15.3 Å². The van der Waals surface area contributed by atoms with Crippen LogP contribution in [0.2, 0.25) is 0 Å². The number of rotatable bonds is 3. The molecule has 15 heavy (non-hydrogen) atoms. The summed E-state index contributed by atoms with van der Waals surface area (Å²) in [6.07, 6.45) is 3.01. The van der Waals surface area contributed by atoms with Gasteiger partial charge in [-0.1, -0.05) is 0 Å². The van der Waals surface area contributed by atoms with Gasteiger partial charge in [0.05, 0.1) is 11.9 Å². The minimum atomic E-state index is -0.328. The first kappa shape index (κ1) is 10.2. The molecule has 2 aromatic rings. The lowest BCUT2D eigenvalue weighted by molar-refractivity contribution is 0.622. The highest BCUT2D eigenvalue weighted by molar-refractivity contribution is 7.14. The van der Waals surface area contributed by atoms with Gasteiger partial charge in [-0.15, -0.1) is 11.3 Å². The van der Waals surface area contributed by atoms with Crippen molar-refractivity contribution in [2.45, 2.75) is 6.54 Å². The fraction of sp³-hybridized carbons (Fsp3) is 0.200. The summed E-state index contributed by atoms with van der Waals surface area (Å²) in [5, 5.41) is 3.87. The summed E-state index contributed by atoms with van der Waals surface area (Å²) >= 11 is 1.56. The predicted molar refractivity (Wildman–Crippen MR) is 58.1 cm³/mol. The van der Waals surface area contributed by atoms with E-state index in [1.165, 1.54) is 12.3 Å². The van der Waals surface area contributed by atoms with Crippen LogP contribution in [0.5, 0.6) is 0 Å². The summed E-state index contributed by atoms with van der Waals surface area (Å²) in [4.78, 5) is 9.34. The second-order valence-electron chi connectivity index (χ2n) is 3.02. The molecule has 0 radical (unpaired) electrons. The third kappa shape index (κ3) is 2.37. The van der Waals surface area contributed by atoms with Crippen LogP contribution < -0.4 is 5.32 Å². The molecule has 2 aromatic heterocycles. The molecule has 0 fully saturated rings. The number of halogens is 1. The zero-order valence-corrected chi connectivity index (χ0v) is 9.01. The number of aromatic nitrogens is 2. The van der Waals surface area contributed by atoms with Crippen molar-refractivity contribution in [3.8, 4) is 10.7 Å². The fourth-order valence-electron chi connectivity index (χ4n) is 1.18. The van der Waals surface area contributed by atoms with Gasteiger partial charge in [-0.05, 0) is 19.2 Å². The Bertz CT molecular complexity index is 438. The van der Waals surface area contributed by atoms with Crippen LogP contribution in [0.3, 0.4) is 0 Å². The van der Waals surface area contributed by atoms with Crippen LogP contribution in [0.25, 0.3) is 10.7 Å². The molecule has 0 aromatic carbocycles. The van der Waals surface area contributed by atoms with Crippen LogP contribution in [-0.2, 0) is 6.54 Å². The van der Waals surface area contributed by atoms with E-state index in [0.717, 1.165) is 16.4 Å². The lowest BCUT2D eigenvalue weighted by Crippen LogP contribution is -2.02. The predicted octanol–water partition coefficient (Wildman–Crippen LogP) is 2.06. The Hall–Kier alpha value is -1.33. The molecule has 0 spiro atoms. The summed E-state index contributed by atoms with van der Waals surface area (Å²) in [6, 6.07) is 3.03. The van der Waals surface area contributed by atoms with Gasteiger partial charge in [-0.2, -0.15) is 0 Å². The first-order valence-corrected chi connectivity index (χ1v) is 5.32. The Morgan fingerprint density at radius 2 is 2.20 bits per heavy atom. The van der Waals surface area contributed by atoms with E-state index in [1.807, 2.05) is 13.2 Å². The molecule has 2 heterocycles. The van der Waals surface area contributed by atoms with E-state index < -0.39 is 0 Å². The molecule has 2 rings (SSSR count). The molecule has 0 unspecified atom stereocenters. The fourth-order valence-corrected chi connectivity index (χ4v) is 2.09. The van der Waals surface area contributed by atoms with Crippen LogP contribution in [0.15, 0.2) is 24.5 Å². The smallest absolute Gasteiger partial charge is 0.142 e. The molecule has 0 amide bonds. The standard InChI is InChI=1S/C10H10FN3S/c1-12-5-8-6-14-10(15-8)9-3-2-7(11)4-13-9/h2-4,6,12H,5H2,1H3. The molecule has 5 heteroatoms. The average Bonchev–Trinajstić information content (AvgIpc) is 2.68. The molecule has 0 aliphatic carbocycles. The maximum atomic E-state index is 12.6. The summed E-state index contributed by atoms with van der Waals surface area (Å²) in [5.41, 5.74) is 0.712. The molecule has 0 atom stereocenters. The number of nitrogens with zero attached hydrogens (tertiary/aromatic N) is 2. The van der Waals surface area contributed by atoms with Crippen molar-refractivity contribution in [1.82, 2.24) is 15.3 Å². The van der Waals surface area contributed by atoms with Gasteiger partial charge in [0.2, 0.25) is 0 Å². The van der Waals surface area contributed by atoms with Crippen molar-refractivity contribution in [3.05, 3.63) is 35.2 Å². The highest BCUT2D eigenvalue weighted by Crippen LogP contribution is 2.23. The van der Waals surface area contributed by atoms with Gasteiger partial charge >= 0.3 is 0 Å². The van der Waals surface area contributed by atoms with E-state index in [0.29, 0.717) is 5.69 Å². The maximum Gasteiger partial charge on any atom is 0.142 e. The zero-order valence-electron chi connectivity index (χ0n) is 8.20. The van der Waals surface area contributed by atoms with Crippen molar-refractivity contribution >= 4 is 11.3 Å². The first-order valence-electron chi connectivity index (χ1n) is 4.51.